The number of aryl methyl sites for hydroxylation is 1. The number of ketones is 1. The van der Waals surface area contributed by atoms with Crippen LogP contribution in [0.25, 0.3) is 0 Å². The Kier molecular flexibility index (Phi) is 5.75. The fraction of sp³-hybridized carbons (Fsp3) is 0.444. The fourth-order valence-corrected chi connectivity index (χ4v) is 2.64. The predicted octanol–water partition coefficient (Wildman–Crippen LogP) is 4.65. The molecule has 22 heavy (non-hydrogen) atoms. The number of aromatic nitrogens is 2. The van der Waals surface area contributed by atoms with Gasteiger partial charge in [-0.05, 0) is 44.0 Å². The van der Waals surface area contributed by atoms with Gasteiger partial charge < -0.3 is 5.32 Å². The van der Waals surface area contributed by atoms with Crippen molar-refractivity contribution in [1.82, 2.24) is 10.2 Å². The van der Waals surface area contributed by atoms with Crippen LogP contribution in [0.3, 0.4) is 0 Å². The Morgan fingerprint density at radius 3 is 2.50 bits per heavy atom. The van der Waals surface area contributed by atoms with Gasteiger partial charge in [-0.15, -0.1) is 0 Å². The molecule has 4 heteroatoms. The first-order valence-corrected chi connectivity index (χ1v) is 8.05. The lowest BCUT2D eigenvalue weighted by Crippen LogP contribution is -2.11. The number of nitrogens with one attached hydrogen (secondary N) is 2. The van der Waals surface area contributed by atoms with Crippen molar-refractivity contribution in [2.45, 2.75) is 52.5 Å². The summed E-state index contributed by atoms with van der Waals surface area (Å²) < 4.78 is 0. The summed E-state index contributed by atoms with van der Waals surface area (Å²) in [6, 6.07) is 8.03. The average Bonchev–Trinajstić information content (AvgIpc) is 2.94. The Morgan fingerprint density at radius 2 is 1.95 bits per heavy atom. The van der Waals surface area contributed by atoms with E-state index in [2.05, 4.69) is 22.4 Å². The fourth-order valence-electron chi connectivity index (χ4n) is 2.64. The maximum Gasteiger partial charge on any atom is 0.162 e. The van der Waals surface area contributed by atoms with Gasteiger partial charge in [-0.25, -0.2) is 0 Å². The van der Waals surface area contributed by atoms with Crippen LogP contribution in [-0.4, -0.2) is 16.0 Å². The Balaban J connectivity index is 2.10. The highest BCUT2D eigenvalue weighted by Crippen LogP contribution is 2.25. The minimum absolute atomic E-state index is 0.213. The highest BCUT2D eigenvalue weighted by molar-refractivity contribution is 5.96. The molecule has 2 N–H and O–H groups in total. The Morgan fingerprint density at radius 1 is 1.23 bits per heavy atom. The van der Waals surface area contributed by atoms with Gasteiger partial charge in [0.15, 0.2) is 5.78 Å². The number of H-pyrrole nitrogens is 1. The number of hydrogen-bond acceptors (Lipinski definition) is 3. The first kappa shape index (κ1) is 16.3. The van der Waals surface area contributed by atoms with Crippen molar-refractivity contribution < 1.29 is 4.79 Å². The Labute approximate surface area is 132 Å². The molecule has 0 fully saturated rings. The normalized spacial score (nSPS) is 12.1. The first-order valence-electron chi connectivity index (χ1n) is 8.05. The van der Waals surface area contributed by atoms with E-state index >= 15 is 0 Å². The molecule has 2 aromatic rings. The lowest BCUT2D eigenvalue weighted by Gasteiger charge is -2.19. The smallest absolute Gasteiger partial charge is 0.162 e. The van der Waals surface area contributed by atoms with Crippen molar-refractivity contribution in [1.29, 1.82) is 0 Å². The van der Waals surface area contributed by atoms with Gasteiger partial charge in [-0.2, -0.15) is 5.10 Å². The molecule has 1 heterocycles. The SMILES string of the molecule is CCCC(=O)c1ccc(NC(CCC)c2c[nH]nc2C)cc1. The molecule has 0 spiro atoms. The maximum atomic E-state index is 11.9. The number of carbonyl (C=O) groups excluding carboxylic acids is 1. The third-order valence-corrected chi connectivity index (χ3v) is 3.85. The molecule has 1 aromatic heterocycles. The van der Waals surface area contributed by atoms with Crippen molar-refractivity contribution in [2.24, 2.45) is 0 Å². The third kappa shape index (κ3) is 3.97. The number of Topliss-reactive ketones (excluding diaryl/α,β-unsaturated/α-hetero) is 1. The summed E-state index contributed by atoms with van der Waals surface area (Å²) in [5.41, 5.74) is 4.06. The number of benzene rings is 1. The van der Waals surface area contributed by atoms with Gasteiger partial charge in [0, 0.05) is 29.4 Å². The van der Waals surface area contributed by atoms with E-state index in [9.17, 15) is 4.79 Å². The molecule has 0 saturated heterocycles. The van der Waals surface area contributed by atoms with Crippen LogP contribution < -0.4 is 5.32 Å². The molecule has 0 saturated carbocycles. The Hall–Kier alpha value is -2.10. The summed E-state index contributed by atoms with van der Waals surface area (Å²) in [5.74, 6) is 0.213. The van der Waals surface area contributed by atoms with Crippen LogP contribution in [-0.2, 0) is 0 Å². The summed E-state index contributed by atoms with van der Waals surface area (Å²) in [6.45, 7) is 6.22. The minimum atomic E-state index is 0.213. The van der Waals surface area contributed by atoms with Crippen LogP contribution in [0.4, 0.5) is 5.69 Å². The number of aromatic amines is 1. The second-order valence-corrected chi connectivity index (χ2v) is 5.66. The number of carbonyl (C=O) groups is 1. The lowest BCUT2D eigenvalue weighted by atomic mass is 10.0. The molecule has 0 radical (unpaired) electrons. The summed E-state index contributed by atoms with van der Waals surface area (Å²) in [5, 5.41) is 10.7. The summed E-state index contributed by atoms with van der Waals surface area (Å²) in [7, 11) is 0. The van der Waals surface area contributed by atoms with Crippen LogP contribution in [0.1, 0.15) is 67.2 Å². The van der Waals surface area contributed by atoms with Crippen molar-refractivity contribution in [3.8, 4) is 0 Å². The zero-order chi connectivity index (χ0) is 15.9. The first-order chi connectivity index (χ1) is 10.7. The summed E-state index contributed by atoms with van der Waals surface area (Å²) in [4.78, 5) is 11.9. The largest absolute Gasteiger partial charge is 0.378 e. The van der Waals surface area contributed by atoms with Crippen molar-refractivity contribution >= 4 is 11.5 Å². The second-order valence-electron chi connectivity index (χ2n) is 5.66. The Bertz CT molecular complexity index is 601. The van der Waals surface area contributed by atoms with E-state index in [1.54, 1.807) is 0 Å². The molecule has 0 aliphatic heterocycles. The van der Waals surface area contributed by atoms with E-state index in [1.165, 1.54) is 5.56 Å². The third-order valence-electron chi connectivity index (χ3n) is 3.85. The van der Waals surface area contributed by atoms with Crippen LogP contribution >= 0.6 is 0 Å². The molecule has 0 aliphatic rings. The molecule has 1 unspecified atom stereocenters. The molecule has 118 valence electrons. The minimum Gasteiger partial charge on any atom is -0.378 e. The van der Waals surface area contributed by atoms with Gasteiger partial charge in [0.2, 0.25) is 0 Å². The quantitative estimate of drug-likeness (QED) is 0.697. The zero-order valence-electron chi connectivity index (χ0n) is 13.6. The van der Waals surface area contributed by atoms with Crippen LogP contribution in [0.15, 0.2) is 30.5 Å². The van der Waals surface area contributed by atoms with E-state index in [4.69, 9.17) is 0 Å². The number of rotatable bonds is 8. The number of anilines is 1. The van der Waals surface area contributed by atoms with Gasteiger partial charge in [-0.3, -0.25) is 9.89 Å². The van der Waals surface area contributed by atoms with Crippen molar-refractivity contribution in [2.75, 3.05) is 5.32 Å². The van der Waals surface area contributed by atoms with Crippen molar-refractivity contribution in [3.05, 3.63) is 47.3 Å². The molecule has 0 bridgehead atoms. The molecular weight excluding hydrogens is 274 g/mol. The van der Waals surface area contributed by atoms with E-state index in [1.807, 2.05) is 44.3 Å². The van der Waals surface area contributed by atoms with Gasteiger partial charge in [0.05, 0.1) is 11.7 Å². The summed E-state index contributed by atoms with van der Waals surface area (Å²) >= 11 is 0. The molecule has 1 atom stereocenters. The monoisotopic (exact) mass is 299 g/mol. The van der Waals surface area contributed by atoms with Crippen LogP contribution in [0.5, 0.6) is 0 Å². The van der Waals surface area contributed by atoms with E-state index in [0.29, 0.717) is 6.42 Å². The van der Waals surface area contributed by atoms with E-state index in [0.717, 1.165) is 36.2 Å². The van der Waals surface area contributed by atoms with Crippen LogP contribution in [0, 0.1) is 6.92 Å². The number of nitrogens with zero attached hydrogens (tertiary/aromatic N) is 1. The number of hydrogen-bond donors (Lipinski definition) is 2. The molecule has 2 rings (SSSR count). The maximum absolute atomic E-state index is 11.9. The van der Waals surface area contributed by atoms with Gasteiger partial charge >= 0.3 is 0 Å². The van der Waals surface area contributed by atoms with Crippen LogP contribution in [0.2, 0.25) is 0 Å². The molecule has 4 nitrogen and oxygen atoms in total. The van der Waals surface area contributed by atoms with E-state index < -0.39 is 0 Å². The van der Waals surface area contributed by atoms with Crippen molar-refractivity contribution in [3.63, 3.8) is 0 Å². The standard InChI is InChI=1S/C18H25N3O/c1-4-6-17(16-12-19-21-13(16)3)20-15-10-8-14(9-11-15)18(22)7-5-2/h8-12,17,20H,4-7H2,1-3H3,(H,19,21). The van der Waals surface area contributed by atoms with E-state index in [-0.39, 0.29) is 11.8 Å². The highest BCUT2D eigenvalue weighted by atomic mass is 16.1. The topological polar surface area (TPSA) is 57.8 Å². The molecule has 0 aliphatic carbocycles. The molecule has 1 aromatic carbocycles. The molecule has 0 amide bonds. The molecular formula is C18H25N3O. The lowest BCUT2D eigenvalue weighted by molar-refractivity contribution is 0.0982. The predicted molar refractivity (Wildman–Crippen MR) is 90.3 cm³/mol. The van der Waals surface area contributed by atoms with Gasteiger partial charge in [-0.1, -0.05) is 20.3 Å². The average molecular weight is 299 g/mol. The summed E-state index contributed by atoms with van der Waals surface area (Å²) in [6.07, 6.45) is 5.59. The van der Waals surface area contributed by atoms with Gasteiger partial charge in [0.25, 0.3) is 0 Å². The zero-order valence-corrected chi connectivity index (χ0v) is 13.6. The highest BCUT2D eigenvalue weighted by Gasteiger charge is 2.15. The van der Waals surface area contributed by atoms with Gasteiger partial charge in [0.1, 0.15) is 0 Å². The second kappa shape index (κ2) is 7.78.